The van der Waals surface area contributed by atoms with Gasteiger partial charge in [0.1, 0.15) is 16.5 Å². The van der Waals surface area contributed by atoms with Crippen molar-refractivity contribution in [2.75, 3.05) is 27.7 Å². The third-order valence-corrected chi connectivity index (χ3v) is 5.96. The number of ether oxygens (including phenoxy) is 2. The van der Waals surface area contributed by atoms with Crippen molar-refractivity contribution in [3.05, 3.63) is 57.9 Å². The summed E-state index contributed by atoms with van der Waals surface area (Å²) < 4.78 is 13.5. The molecule has 0 unspecified atom stereocenters. The standard InChI is InChI=1S/C24H25ClN2O4/c1-14-17(13-21-23(29)16-7-9-20(28)22(25)24(16)31-21)18-12-15(30-4)6-8-19(18)27(14)11-5-10-26(2)3/h6-9,12-13,28H,5,10-11H2,1-4H3/b21-13-. The van der Waals surface area contributed by atoms with Gasteiger partial charge in [0.15, 0.2) is 11.5 Å². The summed E-state index contributed by atoms with van der Waals surface area (Å²) in [5.74, 6) is 0.747. The van der Waals surface area contributed by atoms with Gasteiger partial charge in [0.25, 0.3) is 0 Å². The molecule has 0 radical (unpaired) electrons. The van der Waals surface area contributed by atoms with Gasteiger partial charge in [0, 0.05) is 28.7 Å². The highest BCUT2D eigenvalue weighted by molar-refractivity contribution is 6.35. The zero-order valence-electron chi connectivity index (χ0n) is 18.0. The van der Waals surface area contributed by atoms with Crippen molar-refractivity contribution < 1.29 is 19.4 Å². The SMILES string of the molecule is COc1ccc2c(c1)c(/C=C1\Oc3c(ccc(O)c3Cl)C1=O)c(C)n2CCCN(C)C. The largest absolute Gasteiger partial charge is 0.506 e. The van der Waals surface area contributed by atoms with E-state index in [9.17, 15) is 9.90 Å². The average molecular weight is 441 g/mol. The van der Waals surface area contributed by atoms with Crippen LogP contribution in [0.1, 0.15) is 28.0 Å². The second-order valence-corrected chi connectivity index (χ2v) is 8.28. The van der Waals surface area contributed by atoms with Crippen LogP contribution in [0.15, 0.2) is 36.1 Å². The second-order valence-electron chi connectivity index (χ2n) is 7.91. The van der Waals surface area contributed by atoms with Crippen LogP contribution >= 0.6 is 11.6 Å². The number of fused-ring (bicyclic) bond motifs is 2. The summed E-state index contributed by atoms with van der Waals surface area (Å²) in [6.07, 6.45) is 2.75. The number of aromatic hydroxyl groups is 1. The Hall–Kier alpha value is -2.96. The maximum atomic E-state index is 12.9. The number of Topliss-reactive ketones (excluding diaryl/α,β-unsaturated/α-hetero) is 1. The molecule has 0 saturated heterocycles. The lowest BCUT2D eigenvalue weighted by molar-refractivity contribution is 0.101. The van der Waals surface area contributed by atoms with Gasteiger partial charge in [-0.05, 0) is 70.4 Å². The van der Waals surface area contributed by atoms with Crippen LogP contribution in [0.25, 0.3) is 17.0 Å². The van der Waals surface area contributed by atoms with Crippen LogP contribution in [0.3, 0.4) is 0 Å². The fourth-order valence-corrected chi connectivity index (χ4v) is 4.17. The number of hydrogen-bond acceptors (Lipinski definition) is 5. The highest BCUT2D eigenvalue weighted by Crippen LogP contribution is 2.43. The number of carbonyl (C=O) groups is 1. The van der Waals surface area contributed by atoms with Gasteiger partial charge in [0.05, 0.1) is 12.7 Å². The van der Waals surface area contributed by atoms with Gasteiger partial charge >= 0.3 is 0 Å². The number of ketones is 1. The molecule has 31 heavy (non-hydrogen) atoms. The molecule has 0 aliphatic carbocycles. The first kappa shape index (κ1) is 21.3. The third kappa shape index (κ3) is 3.77. The lowest BCUT2D eigenvalue weighted by atomic mass is 10.1. The molecule has 0 spiro atoms. The zero-order valence-corrected chi connectivity index (χ0v) is 18.8. The highest BCUT2D eigenvalue weighted by Gasteiger charge is 2.31. The van der Waals surface area contributed by atoms with Crippen LogP contribution in [0.4, 0.5) is 0 Å². The van der Waals surface area contributed by atoms with Crippen molar-refractivity contribution in [3.8, 4) is 17.2 Å². The van der Waals surface area contributed by atoms with Crippen LogP contribution in [-0.2, 0) is 6.54 Å². The molecule has 0 atom stereocenters. The number of carbonyl (C=O) groups excluding carboxylic acids is 1. The summed E-state index contributed by atoms with van der Waals surface area (Å²) in [6, 6.07) is 8.89. The minimum atomic E-state index is -0.257. The Morgan fingerprint density at radius 3 is 2.74 bits per heavy atom. The van der Waals surface area contributed by atoms with Gasteiger partial charge in [-0.25, -0.2) is 0 Å². The number of hydrogen-bond donors (Lipinski definition) is 1. The Morgan fingerprint density at radius 2 is 2.03 bits per heavy atom. The molecule has 1 aliphatic heterocycles. The fourth-order valence-electron chi connectivity index (χ4n) is 3.97. The molecule has 0 amide bonds. The van der Waals surface area contributed by atoms with E-state index in [0.29, 0.717) is 5.56 Å². The van der Waals surface area contributed by atoms with Crippen LogP contribution in [0.2, 0.25) is 5.02 Å². The first-order valence-electron chi connectivity index (χ1n) is 10.1. The molecule has 2 aromatic carbocycles. The minimum absolute atomic E-state index is 0.0405. The van der Waals surface area contributed by atoms with Gasteiger partial charge in [0.2, 0.25) is 5.78 Å². The molecule has 0 fully saturated rings. The van der Waals surface area contributed by atoms with Gasteiger partial charge < -0.3 is 24.0 Å². The highest BCUT2D eigenvalue weighted by atomic mass is 35.5. The van der Waals surface area contributed by atoms with Crippen LogP contribution in [0, 0.1) is 6.92 Å². The molecule has 3 aromatic rings. The number of halogens is 1. The Labute approximate surface area is 186 Å². The Kier molecular flexibility index (Phi) is 5.69. The van der Waals surface area contributed by atoms with Crippen molar-refractivity contribution >= 4 is 34.4 Å². The van der Waals surface area contributed by atoms with Crippen molar-refractivity contribution in [1.82, 2.24) is 9.47 Å². The molecule has 7 heteroatoms. The molecule has 162 valence electrons. The van der Waals surface area contributed by atoms with Crippen LogP contribution in [-0.4, -0.2) is 48.1 Å². The van der Waals surface area contributed by atoms with Crippen molar-refractivity contribution in [2.24, 2.45) is 0 Å². The van der Waals surface area contributed by atoms with E-state index in [1.165, 1.54) is 12.1 Å². The second kappa shape index (κ2) is 8.29. The number of rotatable bonds is 6. The number of aromatic nitrogens is 1. The summed E-state index contributed by atoms with van der Waals surface area (Å²) in [5.41, 5.74) is 3.35. The smallest absolute Gasteiger partial charge is 0.232 e. The fraction of sp³-hybridized carbons (Fsp3) is 0.292. The number of phenols is 1. The lowest BCUT2D eigenvalue weighted by Gasteiger charge is -2.12. The van der Waals surface area contributed by atoms with E-state index in [2.05, 4.69) is 23.6 Å². The molecule has 4 rings (SSSR count). The Balaban J connectivity index is 1.81. The minimum Gasteiger partial charge on any atom is -0.506 e. The maximum absolute atomic E-state index is 12.9. The summed E-state index contributed by atoms with van der Waals surface area (Å²) in [5, 5.41) is 10.9. The topological polar surface area (TPSA) is 63.9 Å². The summed E-state index contributed by atoms with van der Waals surface area (Å²) in [6.45, 7) is 3.87. The third-order valence-electron chi connectivity index (χ3n) is 5.60. The molecule has 1 aliphatic rings. The monoisotopic (exact) mass is 440 g/mol. The summed E-state index contributed by atoms with van der Waals surface area (Å²) >= 11 is 6.15. The Morgan fingerprint density at radius 1 is 1.26 bits per heavy atom. The van der Waals surface area contributed by atoms with Gasteiger partial charge in [-0.15, -0.1) is 0 Å². The van der Waals surface area contributed by atoms with E-state index in [0.717, 1.165) is 47.4 Å². The van der Waals surface area contributed by atoms with Crippen molar-refractivity contribution in [1.29, 1.82) is 0 Å². The summed E-state index contributed by atoms with van der Waals surface area (Å²) in [7, 11) is 5.75. The van der Waals surface area contributed by atoms with Crippen LogP contribution in [0.5, 0.6) is 17.2 Å². The first-order valence-corrected chi connectivity index (χ1v) is 10.5. The molecule has 1 N–H and O–H groups in total. The Bertz CT molecular complexity index is 1210. The summed E-state index contributed by atoms with van der Waals surface area (Å²) in [4.78, 5) is 15.1. The maximum Gasteiger partial charge on any atom is 0.232 e. The molecule has 0 bridgehead atoms. The van der Waals surface area contributed by atoms with E-state index in [4.69, 9.17) is 21.1 Å². The van der Waals surface area contributed by atoms with Crippen molar-refractivity contribution in [2.45, 2.75) is 19.9 Å². The molecular weight excluding hydrogens is 416 g/mol. The van der Waals surface area contributed by atoms with Crippen molar-refractivity contribution in [3.63, 3.8) is 0 Å². The van der Waals surface area contributed by atoms with E-state index in [-0.39, 0.29) is 28.1 Å². The number of allylic oxidation sites excluding steroid dienone is 1. The van der Waals surface area contributed by atoms with Gasteiger partial charge in [-0.1, -0.05) is 11.6 Å². The predicted molar refractivity (Wildman–Crippen MR) is 122 cm³/mol. The quantitative estimate of drug-likeness (QED) is 0.553. The number of nitrogens with zero attached hydrogens (tertiary/aromatic N) is 2. The average Bonchev–Trinajstić information content (AvgIpc) is 3.20. The van der Waals surface area contributed by atoms with E-state index in [1.54, 1.807) is 13.2 Å². The zero-order chi connectivity index (χ0) is 22.3. The lowest BCUT2D eigenvalue weighted by Crippen LogP contribution is -2.15. The first-order chi connectivity index (χ1) is 14.8. The van der Waals surface area contributed by atoms with E-state index in [1.807, 2.05) is 25.1 Å². The molecule has 0 saturated carbocycles. The number of benzene rings is 2. The van der Waals surface area contributed by atoms with E-state index >= 15 is 0 Å². The predicted octanol–water partition coefficient (Wildman–Crippen LogP) is 4.89. The molecular formula is C24H25ClN2O4. The number of methoxy groups -OCH3 is 1. The van der Waals surface area contributed by atoms with Gasteiger partial charge in [-0.3, -0.25) is 4.79 Å². The molecule has 2 heterocycles. The van der Waals surface area contributed by atoms with E-state index < -0.39 is 0 Å². The number of phenolic OH excluding ortho intramolecular Hbond substituents is 1. The molecule has 6 nitrogen and oxygen atoms in total. The number of aryl methyl sites for hydroxylation is 1. The van der Waals surface area contributed by atoms with Crippen LogP contribution < -0.4 is 9.47 Å². The van der Waals surface area contributed by atoms with Gasteiger partial charge in [-0.2, -0.15) is 0 Å². The normalized spacial score (nSPS) is 14.5. The molecule has 1 aromatic heterocycles.